The molecule has 0 bridgehead atoms. The van der Waals surface area contributed by atoms with Gasteiger partial charge in [0.05, 0.1) is 6.61 Å². The summed E-state index contributed by atoms with van der Waals surface area (Å²) < 4.78 is 11.6. The van der Waals surface area contributed by atoms with E-state index in [-0.39, 0.29) is 5.72 Å². The zero-order valence-electron chi connectivity index (χ0n) is 9.09. The highest BCUT2D eigenvalue weighted by molar-refractivity contribution is 7.99. The molecule has 3 aliphatic heterocycles. The van der Waals surface area contributed by atoms with Crippen molar-refractivity contribution >= 4 is 11.8 Å². The van der Waals surface area contributed by atoms with Crippen LogP contribution in [0.5, 0.6) is 0 Å². The molecule has 3 rings (SSSR count). The highest BCUT2D eigenvalue weighted by atomic mass is 32.2. The van der Waals surface area contributed by atoms with Crippen LogP contribution in [0.15, 0.2) is 0 Å². The lowest BCUT2D eigenvalue weighted by Gasteiger charge is -2.47. The maximum absolute atomic E-state index is 6.13. The minimum Gasteiger partial charge on any atom is -0.381 e. The van der Waals surface area contributed by atoms with Crippen molar-refractivity contribution in [2.45, 2.75) is 25.0 Å². The zero-order chi connectivity index (χ0) is 10.2. The van der Waals surface area contributed by atoms with Crippen LogP contribution in [-0.4, -0.2) is 43.6 Å². The maximum atomic E-state index is 6.13. The standard InChI is InChI=1S/C11H19NO2S/c1-4-13-5-2-10(1)7-12-11(14-8-10)3-6-15-9-11/h12H,1-9H2. The Kier molecular flexibility index (Phi) is 2.71. The third-order valence-corrected chi connectivity index (χ3v) is 5.14. The van der Waals surface area contributed by atoms with Crippen LogP contribution in [0.2, 0.25) is 0 Å². The molecule has 3 aliphatic rings. The number of thioether (sulfide) groups is 1. The molecule has 3 heterocycles. The minimum atomic E-state index is 0.0220. The SMILES string of the molecule is C1CC2(CCO1)CNC1(CCSC1)OC2. The summed E-state index contributed by atoms with van der Waals surface area (Å²) in [5, 5.41) is 3.66. The molecule has 0 aromatic carbocycles. The molecule has 1 unspecified atom stereocenters. The van der Waals surface area contributed by atoms with E-state index in [9.17, 15) is 0 Å². The molecule has 3 fully saturated rings. The van der Waals surface area contributed by atoms with Crippen molar-refractivity contribution in [2.24, 2.45) is 5.41 Å². The van der Waals surface area contributed by atoms with E-state index >= 15 is 0 Å². The maximum Gasteiger partial charge on any atom is 0.129 e. The van der Waals surface area contributed by atoms with Gasteiger partial charge in [0.2, 0.25) is 0 Å². The minimum absolute atomic E-state index is 0.0220. The highest BCUT2D eigenvalue weighted by Gasteiger charge is 2.45. The second-order valence-electron chi connectivity index (χ2n) is 5.05. The molecule has 3 saturated heterocycles. The van der Waals surface area contributed by atoms with E-state index in [1.807, 2.05) is 11.8 Å². The van der Waals surface area contributed by atoms with Gasteiger partial charge in [-0.15, -0.1) is 0 Å². The molecule has 2 spiro atoms. The van der Waals surface area contributed by atoms with Gasteiger partial charge in [0.1, 0.15) is 5.72 Å². The quantitative estimate of drug-likeness (QED) is 0.677. The second-order valence-corrected chi connectivity index (χ2v) is 6.16. The first kappa shape index (κ1) is 10.4. The van der Waals surface area contributed by atoms with E-state index in [2.05, 4.69) is 5.32 Å². The predicted octanol–water partition coefficient (Wildman–Crippen LogP) is 1.24. The Bertz CT molecular complexity index is 223. The normalized spacial score (nSPS) is 40.0. The summed E-state index contributed by atoms with van der Waals surface area (Å²) in [5.41, 5.74) is 0.394. The number of hydrogen-bond donors (Lipinski definition) is 1. The van der Waals surface area contributed by atoms with Crippen molar-refractivity contribution in [2.75, 3.05) is 37.9 Å². The summed E-state index contributed by atoms with van der Waals surface area (Å²) in [6, 6.07) is 0. The van der Waals surface area contributed by atoms with Gasteiger partial charge < -0.3 is 9.47 Å². The molecule has 4 heteroatoms. The first-order valence-electron chi connectivity index (χ1n) is 5.87. The molecular weight excluding hydrogens is 210 g/mol. The van der Waals surface area contributed by atoms with Crippen molar-refractivity contribution in [1.82, 2.24) is 5.32 Å². The van der Waals surface area contributed by atoms with Crippen molar-refractivity contribution < 1.29 is 9.47 Å². The Balaban J connectivity index is 1.63. The number of nitrogens with one attached hydrogen (secondary N) is 1. The first-order chi connectivity index (χ1) is 7.33. The van der Waals surface area contributed by atoms with Gasteiger partial charge in [0.15, 0.2) is 0 Å². The monoisotopic (exact) mass is 229 g/mol. The van der Waals surface area contributed by atoms with Crippen LogP contribution < -0.4 is 5.32 Å². The van der Waals surface area contributed by atoms with Crippen LogP contribution in [0.4, 0.5) is 0 Å². The lowest BCUT2D eigenvalue weighted by molar-refractivity contribution is -0.153. The van der Waals surface area contributed by atoms with Crippen molar-refractivity contribution in [3.8, 4) is 0 Å². The fourth-order valence-electron chi connectivity index (χ4n) is 2.67. The van der Waals surface area contributed by atoms with Gasteiger partial charge in [-0.25, -0.2) is 0 Å². The van der Waals surface area contributed by atoms with E-state index in [1.165, 1.54) is 12.2 Å². The van der Waals surface area contributed by atoms with E-state index < -0.39 is 0 Å². The van der Waals surface area contributed by atoms with Crippen molar-refractivity contribution in [1.29, 1.82) is 0 Å². The van der Waals surface area contributed by atoms with Crippen LogP contribution in [-0.2, 0) is 9.47 Å². The molecule has 15 heavy (non-hydrogen) atoms. The topological polar surface area (TPSA) is 30.5 Å². The molecule has 0 saturated carbocycles. The molecule has 86 valence electrons. The Morgan fingerprint density at radius 1 is 1.13 bits per heavy atom. The summed E-state index contributed by atoms with van der Waals surface area (Å²) in [6.07, 6.45) is 3.48. The van der Waals surface area contributed by atoms with Crippen molar-refractivity contribution in [3.05, 3.63) is 0 Å². The fourth-order valence-corrected chi connectivity index (χ4v) is 3.94. The molecule has 0 aromatic heterocycles. The molecule has 0 amide bonds. The van der Waals surface area contributed by atoms with Gasteiger partial charge in [-0.1, -0.05) is 0 Å². The van der Waals surface area contributed by atoms with Gasteiger partial charge >= 0.3 is 0 Å². The van der Waals surface area contributed by atoms with E-state index in [0.717, 1.165) is 45.0 Å². The Hall–Kier alpha value is 0.230. The largest absolute Gasteiger partial charge is 0.381 e. The smallest absolute Gasteiger partial charge is 0.129 e. The van der Waals surface area contributed by atoms with Gasteiger partial charge in [-0.05, 0) is 25.0 Å². The average Bonchev–Trinajstić information content (AvgIpc) is 2.74. The molecule has 0 aliphatic carbocycles. The lowest BCUT2D eigenvalue weighted by Crippen LogP contribution is -2.60. The summed E-state index contributed by atoms with van der Waals surface area (Å²) in [5.74, 6) is 2.36. The molecule has 1 N–H and O–H groups in total. The molecule has 1 atom stereocenters. The lowest BCUT2D eigenvalue weighted by atomic mass is 9.79. The third kappa shape index (κ3) is 1.93. The van der Waals surface area contributed by atoms with Crippen LogP contribution in [0.25, 0.3) is 0 Å². The van der Waals surface area contributed by atoms with E-state index in [0.29, 0.717) is 5.41 Å². The molecular formula is C11H19NO2S. The van der Waals surface area contributed by atoms with Gasteiger partial charge in [-0.3, -0.25) is 5.32 Å². The van der Waals surface area contributed by atoms with Gasteiger partial charge in [0, 0.05) is 30.9 Å². The number of rotatable bonds is 0. The summed E-state index contributed by atoms with van der Waals surface area (Å²) in [7, 11) is 0. The third-order valence-electron chi connectivity index (χ3n) is 3.98. The van der Waals surface area contributed by atoms with Gasteiger partial charge in [0.25, 0.3) is 0 Å². The van der Waals surface area contributed by atoms with Crippen LogP contribution in [0.3, 0.4) is 0 Å². The average molecular weight is 229 g/mol. The van der Waals surface area contributed by atoms with Gasteiger partial charge in [-0.2, -0.15) is 11.8 Å². The first-order valence-corrected chi connectivity index (χ1v) is 7.03. The molecule has 3 nitrogen and oxygen atoms in total. The zero-order valence-corrected chi connectivity index (χ0v) is 9.91. The van der Waals surface area contributed by atoms with Crippen molar-refractivity contribution in [3.63, 3.8) is 0 Å². The number of hydrogen-bond acceptors (Lipinski definition) is 4. The number of ether oxygens (including phenoxy) is 2. The Morgan fingerprint density at radius 3 is 2.60 bits per heavy atom. The van der Waals surface area contributed by atoms with Crippen LogP contribution in [0, 0.1) is 5.41 Å². The Labute approximate surface area is 95.3 Å². The fraction of sp³-hybridized carbons (Fsp3) is 1.00. The summed E-state index contributed by atoms with van der Waals surface area (Å²) in [6.45, 7) is 3.88. The molecule has 0 aromatic rings. The summed E-state index contributed by atoms with van der Waals surface area (Å²) >= 11 is 2.00. The van der Waals surface area contributed by atoms with E-state index in [1.54, 1.807) is 0 Å². The van der Waals surface area contributed by atoms with Crippen LogP contribution >= 0.6 is 11.8 Å². The predicted molar refractivity (Wildman–Crippen MR) is 61.1 cm³/mol. The highest BCUT2D eigenvalue weighted by Crippen LogP contribution is 2.39. The second kappa shape index (κ2) is 3.91. The van der Waals surface area contributed by atoms with Crippen LogP contribution in [0.1, 0.15) is 19.3 Å². The van der Waals surface area contributed by atoms with E-state index in [4.69, 9.17) is 9.47 Å². The Morgan fingerprint density at radius 2 is 2.00 bits per heavy atom. The summed E-state index contributed by atoms with van der Waals surface area (Å²) in [4.78, 5) is 0. The molecule has 0 radical (unpaired) electrons.